The molecule has 0 saturated carbocycles. The third-order valence-corrected chi connectivity index (χ3v) is 2.89. The van der Waals surface area contributed by atoms with Crippen molar-refractivity contribution in [3.05, 3.63) is 34.9 Å². The van der Waals surface area contributed by atoms with Crippen molar-refractivity contribution in [3.8, 4) is 5.69 Å². The van der Waals surface area contributed by atoms with Gasteiger partial charge in [0.15, 0.2) is 5.82 Å². The minimum Gasteiger partial charge on any atom is -0.307 e. The minimum absolute atomic E-state index is 0.0306. The van der Waals surface area contributed by atoms with Crippen molar-refractivity contribution in [1.82, 2.24) is 25.5 Å². The van der Waals surface area contributed by atoms with E-state index in [1.807, 2.05) is 6.92 Å². The van der Waals surface area contributed by atoms with Gasteiger partial charge < -0.3 is 5.32 Å². The van der Waals surface area contributed by atoms with Crippen LogP contribution in [0.4, 0.5) is 4.39 Å². The highest BCUT2D eigenvalue weighted by Gasteiger charge is 2.15. The van der Waals surface area contributed by atoms with E-state index in [9.17, 15) is 4.39 Å². The van der Waals surface area contributed by atoms with E-state index in [1.54, 1.807) is 6.07 Å². The molecule has 0 saturated heterocycles. The zero-order chi connectivity index (χ0) is 13.8. The maximum absolute atomic E-state index is 13.4. The van der Waals surface area contributed by atoms with E-state index in [0.29, 0.717) is 16.5 Å². The fraction of sp³-hybridized carbons (Fsp3) is 0.417. The molecule has 2 rings (SSSR count). The van der Waals surface area contributed by atoms with E-state index < -0.39 is 5.82 Å². The Kier molecular flexibility index (Phi) is 4.44. The SMILES string of the molecule is CCCNC(C)c1nnnn1-c1cc(F)cc(Cl)c1. The monoisotopic (exact) mass is 283 g/mol. The number of benzene rings is 1. The number of hydrogen-bond acceptors (Lipinski definition) is 4. The zero-order valence-corrected chi connectivity index (χ0v) is 11.5. The Labute approximate surface area is 115 Å². The molecule has 0 aliphatic heterocycles. The lowest BCUT2D eigenvalue weighted by molar-refractivity contribution is 0.530. The molecule has 19 heavy (non-hydrogen) atoms. The lowest BCUT2D eigenvalue weighted by Crippen LogP contribution is -2.22. The second-order valence-electron chi connectivity index (χ2n) is 4.25. The van der Waals surface area contributed by atoms with Crippen LogP contribution in [0.2, 0.25) is 5.02 Å². The fourth-order valence-electron chi connectivity index (χ4n) is 1.76. The molecule has 1 atom stereocenters. The fourth-order valence-corrected chi connectivity index (χ4v) is 1.98. The van der Waals surface area contributed by atoms with Crippen LogP contribution in [-0.2, 0) is 0 Å². The summed E-state index contributed by atoms with van der Waals surface area (Å²) in [4.78, 5) is 0. The van der Waals surface area contributed by atoms with Crippen LogP contribution in [0.5, 0.6) is 0 Å². The van der Waals surface area contributed by atoms with Gasteiger partial charge in [-0.25, -0.2) is 4.39 Å². The molecule has 0 fully saturated rings. The number of hydrogen-bond donors (Lipinski definition) is 1. The Bertz CT molecular complexity index is 537. The van der Waals surface area contributed by atoms with E-state index in [2.05, 4.69) is 27.8 Å². The highest BCUT2D eigenvalue weighted by atomic mass is 35.5. The Morgan fingerprint density at radius 3 is 2.89 bits per heavy atom. The van der Waals surface area contributed by atoms with Crippen molar-refractivity contribution in [3.63, 3.8) is 0 Å². The van der Waals surface area contributed by atoms with Crippen LogP contribution in [0.15, 0.2) is 18.2 Å². The van der Waals surface area contributed by atoms with Crippen LogP contribution in [0.3, 0.4) is 0 Å². The van der Waals surface area contributed by atoms with Crippen LogP contribution in [-0.4, -0.2) is 26.8 Å². The van der Waals surface area contributed by atoms with Gasteiger partial charge in [-0.05, 0) is 48.5 Å². The lowest BCUT2D eigenvalue weighted by Gasteiger charge is -2.13. The molecule has 1 unspecified atom stereocenters. The Morgan fingerprint density at radius 1 is 1.42 bits per heavy atom. The first-order valence-electron chi connectivity index (χ1n) is 6.10. The number of rotatable bonds is 5. The van der Waals surface area contributed by atoms with Crippen molar-refractivity contribution < 1.29 is 4.39 Å². The highest BCUT2D eigenvalue weighted by molar-refractivity contribution is 6.30. The number of tetrazole rings is 1. The van der Waals surface area contributed by atoms with Crippen LogP contribution < -0.4 is 5.32 Å². The molecule has 1 N–H and O–H groups in total. The molecular weight excluding hydrogens is 269 g/mol. The molecule has 5 nitrogen and oxygen atoms in total. The lowest BCUT2D eigenvalue weighted by atomic mass is 10.2. The van der Waals surface area contributed by atoms with Crippen LogP contribution in [0.1, 0.15) is 32.1 Å². The van der Waals surface area contributed by atoms with Gasteiger partial charge in [-0.2, -0.15) is 4.68 Å². The second-order valence-corrected chi connectivity index (χ2v) is 4.69. The minimum atomic E-state index is -0.418. The Balaban J connectivity index is 2.32. The quantitative estimate of drug-likeness (QED) is 0.916. The Hall–Kier alpha value is -1.53. The third kappa shape index (κ3) is 3.27. The molecule has 1 heterocycles. The summed E-state index contributed by atoms with van der Waals surface area (Å²) in [5, 5.41) is 15.1. The van der Waals surface area contributed by atoms with Gasteiger partial charge in [-0.3, -0.25) is 0 Å². The topological polar surface area (TPSA) is 55.6 Å². The Morgan fingerprint density at radius 2 is 2.21 bits per heavy atom. The summed E-state index contributed by atoms with van der Waals surface area (Å²) in [6.45, 7) is 4.89. The normalized spacial score (nSPS) is 12.6. The van der Waals surface area contributed by atoms with Crippen LogP contribution >= 0.6 is 11.6 Å². The molecule has 2 aromatic rings. The first kappa shape index (κ1) is 13.9. The number of nitrogens with one attached hydrogen (secondary N) is 1. The molecule has 7 heteroatoms. The second kappa shape index (κ2) is 6.08. The molecule has 102 valence electrons. The van der Waals surface area contributed by atoms with Crippen LogP contribution in [0.25, 0.3) is 5.69 Å². The summed E-state index contributed by atoms with van der Waals surface area (Å²) in [6, 6.07) is 4.18. The summed E-state index contributed by atoms with van der Waals surface area (Å²) in [5.41, 5.74) is 0.509. The van der Waals surface area contributed by atoms with Crippen molar-refractivity contribution in [2.75, 3.05) is 6.54 Å². The summed E-state index contributed by atoms with van der Waals surface area (Å²) in [6.07, 6.45) is 1.01. The van der Waals surface area contributed by atoms with Gasteiger partial charge in [0.1, 0.15) is 5.82 Å². The van der Waals surface area contributed by atoms with E-state index in [4.69, 9.17) is 11.6 Å². The van der Waals surface area contributed by atoms with E-state index in [1.165, 1.54) is 16.8 Å². The summed E-state index contributed by atoms with van der Waals surface area (Å²) in [7, 11) is 0. The molecule has 0 aliphatic carbocycles. The zero-order valence-electron chi connectivity index (χ0n) is 10.8. The maximum Gasteiger partial charge on any atom is 0.173 e. The third-order valence-electron chi connectivity index (χ3n) is 2.67. The van der Waals surface area contributed by atoms with Crippen molar-refractivity contribution >= 4 is 11.6 Å². The molecule has 0 radical (unpaired) electrons. The van der Waals surface area contributed by atoms with Gasteiger partial charge >= 0.3 is 0 Å². The molecule has 0 bridgehead atoms. The van der Waals surface area contributed by atoms with Gasteiger partial charge in [0.05, 0.1) is 11.7 Å². The summed E-state index contributed by atoms with van der Waals surface area (Å²) < 4.78 is 14.9. The van der Waals surface area contributed by atoms with Gasteiger partial charge in [0, 0.05) is 5.02 Å². The molecule has 1 aromatic carbocycles. The van der Waals surface area contributed by atoms with E-state index in [0.717, 1.165) is 13.0 Å². The largest absolute Gasteiger partial charge is 0.307 e. The number of nitrogens with zero attached hydrogens (tertiary/aromatic N) is 4. The predicted molar refractivity (Wildman–Crippen MR) is 70.8 cm³/mol. The molecule has 0 spiro atoms. The summed E-state index contributed by atoms with van der Waals surface area (Å²) >= 11 is 5.85. The predicted octanol–water partition coefficient (Wildman–Crippen LogP) is 2.52. The van der Waals surface area contributed by atoms with Crippen molar-refractivity contribution in [2.45, 2.75) is 26.3 Å². The van der Waals surface area contributed by atoms with Crippen molar-refractivity contribution in [1.29, 1.82) is 0 Å². The average Bonchev–Trinajstić information content (AvgIpc) is 2.84. The summed E-state index contributed by atoms with van der Waals surface area (Å²) in [5.74, 6) is 0.202. The molecular formula is C12H15ClFN5. The van der Waals surface area contributed by atoms with Gasteiger partial charge in [-0.1, -0.05) is 18.5 Å². The first-order chi connectivity index (χ1) is 9.11. The van der Waals surface area contributed by atoms with Crippen molar-refractivity contribution in [2.24, 2.45) is 0 Å². The molecule has 0 amide bonds. The van der Waals surface area contributed by atoms with Gasteiger partial charge in [-0.15, -0.1) is 5.10 Å². The molecule has 1 aromatic heterocycles. The van der Waals surface area contributed by atoms with Gasteiger partial charge in [0.2, 0.25) is 0 Å². The number of halogens is 2. The maximum atomic E-state index is 13.4. The smallest absolute Gasteiger partial charge is 0.173 e. The highest BCUT2D eigenvalue weighted by Crippen LogP contribution is 2.19. The standard InChI is InChI=1S/C12H15ClFN5/c1-3-4-15-8(2)12-16-17-18-19(12)11-6-9(13)5-10(14)7-11/h5-8,15H,3-4H2,1-2H3. The molecule has 0 aliphatic rings. The van der Waals surface area contributed by atoms with E-state index in [-0.39, 0.29) is 6.04 Å². The average molecular weight is 284 g/mol. The number of aromatic nitrogens is 4. The van der Waals surface area contributed by atoms with Crippen LogP contribution in [0, 0.1) is 5.82 Å². The first-order valence-corrected chi connectivity index (χ1v) is 6.47. The van der Waals surface area contributed by atoms with E-state index >= 15 is 0 Å². The van der Waals surface area contributed by atoms with Gasteiger partial charge in [0.25, 0.3) is 0 Å².